The third kappa shape index (κ3) is 12.0. The lowest BCUT2D eigenvalue weighted by Crippen LogP contribution is -2.40. The Labute approximate surface area is 159 Å². The molecule has 0 heterocycles. The van der Waals surface area contributed by atoms with Crippen LogP contribution in [-0.2, 0) is 9.47 Å². The molecule has 0 aliphatic rings. The number of hydrogen-bond donors (Lipinski definition) is 0. The lowest BCUT2D eigenvalue weighted by Gasteiger charge is -2.37. The lowest BCUT2D eigenvalue weighted by molar-refractivity contribution is -0.242. The van der Waals surface area contributed by atoms with Crippen molar-refractivity contribution in [2.75, 3.05) is 14.2 Å². The molecule has 0 aromatic rings. The molecule has 0 aliphatic carbocycles. The average Bonchev–Trinajstić information content (AvgIpc) is 2.63. The Hall–Kier alpha value is -0.0800. The summed E-state index contributed by atoms with van der Waals surface area (Å²) in [4.78, 5) is 0. The summed E-state index contributed by atoms with van der Waals surface area (Å²) in [6.45, 7) is 6.87. The molecule has 0 rings (SSSR count). The Morgan fingerprint density at radius 3 is 1.44 bits per heavy atom. The van der Waals surface area contributed by atoms with Gasteiger partial charge in [-0.2, -0.15) is 0 Å². The van der Waals surface area contributed by atoms with Crippen LogP contribution in [0, 0.1) is 5.92 Å². The Morgan fingerprint density at radius 1 is 0.600 bits per heavy atom. The zero-order valence-corrected chi connectivity index (χ0v) is 18.2. The van der Waals surface area contributed by atoms with E-state index in [9.17, 15) is 0 Å². The fourth-order valence-corrected chi connectivity index (χ4v) is 3.89. The fourth-order valence-electron chi connectivity index (χ4n) is 3.89. The van der Waals surface area contributed by atoms with Gasteiger partial charge in [-0.1, -0.05) is 104 Å². The van der Waals surface area contributed by atoms with E-state index in [1.807, 2.05) is 14.2 Å². The molecule has 0 bridgehead atoms. The van der Waals surface area contributed by atoms with Crippen LogP contribution in [0.5, 0.6) is 0 Å². The second-order valence-corrected chi connectivity index (χ2v) is 7.90. The molecule has 0 saturated heterocycles. The van der Waals surface area contributed by atoms with Crippen molar-refractivity contribution >= 4 is 0 Å². The number of ether oxygens (including phenoxy) is 2. The van der Waals surface area contributed by atoms with Gasteiger partial charge in [0.1, 0.15) is 0 Å². The van der Waals surface area contributed by atoms with Gasteiger partial charge in [-0.15, -0.1) is 0 Å². The molecule has 1 unspecified atom stereocenters. The zero-order valence-electron chi connectivity index (χ0n) is 18.2. The van der Waals surface area contributed by atoms with Gasteiger partial charge in [0, 0.05) is 26.6 Å². The highest BCUT2D eigenvalue weighted by Crippen LogP contribution is 2.32. The van der Waals surface area contributed by atoms with E-state index in [1.54, 1.807) is 0 Å². The molecule has 0 aromatic heterocycles. The monoisotopic (exact) mass is 356 g/mol. The van der Waals surface area contributed by atoms with Crippen LogP contribution in [-0.4, -0.2) is 20.0 Å². The molecule has 1 atom stereocenters. The summed E-state index contributed by atoms with van der Waals surface area (Å²) < 4.78 is 11.8. The van der Waals surface area contributed by atoms with Gasteiger partial charge >= 0.3 is 0 Å². The molecule has 0 N–H and O–H groups in total. The molecule has 0 radical (unpaired) electrons. The van der Waals surface area contributed by atoms with Crippen LogP contribution in [0.15, 0.2) is 0 Å². The van der Waals surface area contributed by atoms with E-state index < -0.39 is 0 Å². The minimum Gasteiger partial charge on any atom is -0.353 e. The van der Waals surface area contributed by atoms with Crippen molar-refractivity contribution in [2.45, 2.75) is 129 Å². The molecule has 0 spiro atoms. The van der Waals surface area contributed by atoms with Gasteiger partial charge in [0.25, 0.3) is 0 Å². The van der Waals surface area contributed by atoms with Crippen molar-refractivity contribution in [1.82, 2.24) is 0 Å². The van der Waals surface area contributed by atoms with Crippen LogP contribution in [0.3, 0.4) is 0 Å². The van der Waals surface area contributed by atoms with Crippen molar-refractivity contribution in [3.05, 3.63) is 0 Å². The summed E-state index contributed by atoms with van der Waals surface area (Å²) in [5, 5.41) is 0. The topological polar surface area (TPSA) is 18.5 Å². The minimum atomic E-state index is -0.369. The Kier molecular flexibility index (Phi) is 17.3. The summed E-state index contributed by atoms with van der Waals surface area (Å²) in [5.74, 6) is 0.101. The first-order chi connectivity index (χ1) is 12.2. The summed E-state index contributed by atoms with van der Waals surface area (Å²) in [6, 6.07) is 0. The number of unbranched alkanes of at least 4 members (excludes halogenated alkanes) is 12. The number of rotatable bonds is 19. The number of methoxy groups -OCH3 is 2. The van der Waals surface area contributed by atoms with Crippen molar-refractivity contribution in [2.24, 2.45) is 5.92 Å². The second-order valence-electron chi connectivity index (χ2n) is 7.90. The number of hydrogen-bond acceptors (Lipinski definition) is 2. The molecule has 0 aliphatic heterocycles. The first-order valence-corrected chi connectivity index (χ1v) is 11.3. The summed E-state index contributed by atoms with van der Waals surface area (Å²) >= 11 is 0. The molecule has 0 aromatic carbocycles. The highest BCUT2D eigenvalue weighted by molar-refractivity contribution is 4.76. The van der Waals surface area contributed by atoms with Gasteiger partial charge in [-0.3, -0.25) is 0 Å². The SMILES string of the molecule is CCCCCCCCCCC(OC)(OC)C(C)CCCCCCCC. The van der Waals surface area contributed by atoms with Gasteiger partial charge < -0.3 is 9.47 Å². The summed E-state index contributed by atoms with van der Waals surface area (Å²) in [6.07, 6.45) is 21.2. The molecule has 25 heavy (non-hydrogen) atoms. The third-order valence-corrected chi connectivity index (χ3v) is 5.81. The van der Waals surface area contributed by atoms with E-state index in [4.69, 9.17) is 9.47 Å². The fraction of sp³-hybridized carbons (Fsp3) is 1.00. The van der Waals surface area contributed by atoms with Gasteiger partial charge in [-0.05, 0) is 12.8 Å². The van der Waals surface area contributed by atoms with Crippen LogP contribution in [0.1, 0.15) is 124 Å². The molecule has 2 heteroatoms. The maximum Gasteiger partial charge on any atom is 0.170 e. The summed E-state index contributed by atoms with van der Waals surface area (Å²) in [7, 11) is 3.65. The smallest absolute Gasteiger partial charge is 0.170 e. The first kappa shape index (κ1) is 24.9. The van der Waals surface area contributed by atoms with Gasteiger partial charge in [0.05, 0.1) is 0 Å². The van der Waals surface area contributed by atoms with E-state index in [0.717, 1.165) is 6.42 Å². The van der Waals surface area contributed by atoms with Crippen molar-refractivity contribution in [3.8, 4) is 0 Å². The molecule has 0 fully saturated rings. The quantitative estimate of drug-likeness (QED) is 0.173. The van der Waals surface area contributed by atoms with Crippen molar-refractivity contribution < 1.29 is 9.47 Å². The Balaban J connectivity index is 3.95. The van der Waals surface area contributed by atoms with Crippen LogP contribution in [0.4, 0.5) is 0 Å². The van der Waals surface area contributed by atoms with Crippen LogP contribution < -0.4 is 0 Å². The highest BCUT2D eigenvalue weighted by atomic mass is 16.7. The van der Waals surface area contributed by atoms with Gasteiger partial charge in [-0.25, -0.2) is 0 Å². The van der Waals surface area contributed by atoms with Crippen LogP contribution >= 0.6 is 0 Å². The predicted octanol–water partition coefficient (Wildman–Crippen LogP) is 7.89. The summed E-state index contributed by atoms with van der Waals surface area (Å²) in [5.41, 5.74) is 0. The normalized spacial score (nSPS) is 13.3. The predicted molar refractivity (Wildman–Crippen MR) is 111 cm³/mol. The van der Waals surface area contributed by atoms with E-state index >= 15 is 0 Å². The van der Waals surface area contributed by atoms with Crippen LogP contribution in [0.25, 0.3) is 0 Å². The van der Waals surface area contributed by atoms with Crippen molar-refractivity contribution in [1.29, 1.82) is 0 Å². The van der Waals surface area contributed by atoms with Gasteiger partial charge in [0.2, 0.25) is 0 Å². The van der Waals surface area contributed by atoms with Crippen LogP contribution in [0.2, 0.25) is 0 Å². The molecular weight excluding hydrogens is 308 g/mol. The van der Waals surface area contributed by atoms with E-state index in [1.165, 1.54) is 96.3 Å². The molecular formula is C23H48O2. The zero-order chi connectivity index (χ0) is 18.8. The maximum absolute atomic E-state index is 5.88. The standard InChI is InChI=1S/C23H48O2/c1-6-8-10-12-14-15-17-19-21-23(24-4,25-5)22(3)20-18-16-13-11-9-7-2/h22H,6-21H2,1-5H3. The molecule has 0 amide bonds. The minimum absolute atomic E-state index is 0.369. The first-order valence-electron chi connectivity index (χ1n) is 11.3. The molecule has 2 nitrogen and oxygen atoms in total. The Morgan fingerprint density at radius 2 is 1.00 bits per heavy atom. The van der Waals surface area contributed by atoms with E-state index in [-0.39, 0.29) is 5.79 Å². The third-order valence-electron chi connectivity index (χ3n) is 5.81. The second kappa shape index (κ2) is 17.3. The highest BCUT2D eigenvalue weighted by Gasteiger charge is 2.35. The Bertz CT molecular complexity index is 261. The molecule has 152 valence electrons. The van der Waals surface area contributed by atoms with Crippen molar-refractivity contribution in [3.63, 3.8) is 0 Å². The van der Waals surface area contributed by atoms with Gasteiger partial charge in [0.15, 0.2) is 5.79 Å². The molecule has 0 saturated carbocycles. The van der Waals surface area contributed by atoms with E-state index in [2.05, 4.69) is 20.8 Å². The largest absolute Gasteiger partial charge is 0.353 e. The lowest BCUT2D eigenvalue weighted by atomic mass is 9.89. The van der Waals surface area contributed by atoms with E-state index in [0.29, 0.717) is 5.92 Å². The maximum atomic E-state index is 5.88. The average molecular weight is 357 g/mol.